The predicted octanol–water partition coefficient (Wildman–Crippen LogP) is 5.66. The number of nitrogens with zero attached hydrogens (tertiary/aromatic N) is 3. The molecule has 3 aromatic carbocycles. The molecule has 0 aromatic heterocycles. The maximum absolute atomic E-state index is 13.7. The standard InChI is InChI=1S/C30H36FN3O/c1-22(2)34(30(35)25-8-6-5-7-9-25)20-26-19-33(18-23-10-16-28(17-11-23)32(3)4)21-29(26)24-12-14-27(31)15-13-24/h5-17,22,26,29H,18-21H2,1-4H3. The van der Waals surface area contributed by atoms with Crippen LogP contribution in [0.25, 0.3) is 0 Å². The quantitative estimate of drug-likeness (QED) is 0.423. The summed E-state index contributed by atoms with van der Waals surface area (Å²) in [6, 6.07) is 25.2. The van der Waals surface area contributed by atoms with E-state index in [0.717, 1.165) is 30.8 Å². The predicted molar refractivity (Wildman–Crippen MR) is 141 cm³/mol. The van der Waals surface area contributed by atoms with E-state index in [2.05, 4.69) is 47.9 Å². The van der Waals surface area contributed by atoms with Crippen LogP contribution in [0.3, 0.4) is 0 Å². The fourth-order valence-corrected chi connectivity index (χ4v) is 5.05. The number of hydrogen-bond donors (Lipinski definition) is 0. The number of carbonyl (C=O) groups is 1. The first kappa shape index (κ1) is 24.9. The van der Waals surface area contributed by atoms with E-state index in [1.165, 1.54) is 11.3 Å². The Balaban J connectivity index is 1.55. The van der Waals surface area contributed by atoms with Crippen molar-refractivity contribution in [2.45, 2.75) is 32.4 Å². The van der Waals surface area contributed by atoms with E-state index in [9.17, 15) is 9.18 Å². The van der Waals surface area contributed by atoms with Gasteiger partial charge in [-0.05, 0) is 67.3 Å². The molecule has 2 unspecified atom stereocenters. The van der Waals surface area contributed by atoms with Crippen molar-refractivity contribution < 1.29 is 9.18 Å². The highest BCUT2D eigenvalue weighted by Crippen LogP contribution is 2.35. The summed E-state index contributed by atoms with van der Waals surface area (Å²) in [7, 11) is 4.09. The van der Waals surface area contributed by atoms with Gasteiger partial charge in [0.05, 0.1) is 0 Å². The van der Waals surface area contributed by atoms with Crippen molar-refractivity contribution in [3.63, 3.8) is 0 Å². The third-order valence-electron chi connectivity index (χ3n) is 7.01. The minimum atomic E-state index is -0.218. The Labute approximate surface area is 209 Å². The summed E-state index contributed by atoms with van der Waals surface area (Å²) in [4.78, 5) is 19.9. The summed E-state index contributed by atoms with van der Waals surface area (Å²) in [5.41, 5.74) is 4.31. The van der Waals surface area contributed by atoms with Gasteiger partial charge in [-0.2, -0.15) is 0 Å². The lowest BCUT2D eigenvalue weighted by Crippen LogP contribution is -2.42. The Bertz CT molecular complexity index is 1100. The average molecular weight is 474 g/mol. The number of amides is 1. The van der Waals surface area contributed by atoms with Crippen molar-refractivity contribution in [3.8, 4) is 0 Å². The normalized spacial score (nSPS) is 18.1. The zero-order valence-electron chi connectivity index (χ0n) is 21.2. The fraction of sp³-hybridized carbons (Fsp3) is 0.367. The van der Waals surface area contributed by atoms with Gasteiger partial charge in [-0.25, -0.2) is 4.39 Å². The van der Waals surface area contributed by atoms with Gasteiger partial charge in [0.15, 0.2) is 0 Å². The maximum atomic E-state index is 13.7. The molecule has 0 aliphatic carbocycles. The highest BCUT2D eigenvalue weighted by molar-refractivity contribution is 5.94. The summed E-state index contributed by atoms with van der Waals surface area (Å²) >= 11 is 0. The third kappa shape index (κ3) is 6.09. The van der Waals surface area contributed by atoms with Crippen LogP contribution >= 0.6 is 0 Å². The molecule has 1 aliphatic rings. The van der Waals surface area contributed by atoms with Crippen molar-refractivity contribution in [3.05, 3.63) is 101 Å². The second kappa shape index (κ2) is 11.0. The van der Waals surface area contributed by atoms with Gasteiger partial charge in [-0.15, -0.1) is 0 Å². The highest BCUT2D eigenvalue weighted by atomic mass is 19.1. The molecule has 1 heterocycles. The van der Waals surface area contributed by atoms with Gasteiger partial charge in [0.1, 0.15) is 5.82 Å². The van der Waals surface area contributed by atoms with Gasteiger partial charge < -0.3 is 9.80 Å². The molecule has 0 spiro atoms. The number of carbonyl (C=O) groups excluding carboxylic acids is 1. The summed E-state index contributed by atoms with van der Waals surface area (Å²) < 4.78 is 13.7. The zero-order valence-corrected chi connectivity index (χ0v) is 21.2. The molecule has 5 heteroatoms. The Kier molecular flexibility index (Phi) is 7.86. The molecule has 4 nitrogen and oxygen atoms in total. The van der Waals surface area contributed by atoms with E-state index in [-0.39, 0.29) is 29.6 Å². The fourth-order valence-electron chi connectivity index (χ4n) is 5.05. The highest BCUT2D eigenvalue weighted by Gasteiger charge is 2.36. The lowest BCUT2D eigenvalue weighted by molar-refractivity contribution is 0.0668. The van der Waals surface area contributed by atoms with Gasteiger partial charge in [0.2, 0.25) is 0 Å². The SMILES string of the molecule is CC(C)N(CC1CN(Cc2ccc(N(C)C)cc2)CC1c1ccc(F)cc1)C(=O)c1ccccc1. The molecule has 4 rings (SSSR count). The molecule has 184 valence electrons. The molecule has 0 radical (unpaired) electrons. The minimum Gasteiger partial charge on any atom is -0.378 e. The van der Waals surface area contributed by atoms with E-state index in [0.29, 0.717) is 6.54 Å². The van der Waals surface area contributed by atoms with Crippen LogP contribution in [0.1, 0.15) is 41.3 Å². The van der Waals surface area contributed by atoms with E-state index >= 15 is 0 Å². The van der Waals surface area contributed by atoms with Crippen LogP contribution in [-0.4, -0.2) is 55.5 Å². The molecule has 0 bridgehead atoms. The lowest BCUT2D eigenvalue weighted by Gasteiger charge is -2.32. The second-order valence-corrected chi connectivity index (χ2v) is 10.1. The van der Waals surface area contributed by atoms with Crippen LogP contribution in [0.5, 0.6) is 0 Å². The molecule has 1 aliphatic heterocycles. The monoisotopic (exact) mass is 473 g/mol. The maximum Gasteiger partial charge on any atom is 0.254 e. The molecule has 0 saturated carbocycles. The number of hydrogen-bond acceptors (Lipinski definition) is 3. The number of likely N-dealkylation sites (tertiary alicyclic amines) is 1. The Morgan fingerprint density at radius 1 is 0.943 bits per heavy atom. The second-order valence-electron chi connectivity index (χ2n) is 10.1. The molecular weight excluding hydrogens is 437 g/mol. The van der Waals surface area contributed by atoms with Crippen molar-refractivity contribution >= 4 is 11.6 Å². The van der Waals surface area contributed by atoms with E-state index in [1.54, 1.807) is 12.1 Å². The smallest absolute Gasteiger partial charge is 0.254 e. The van der Waals surface area contributed by atoms with Crippen LogP contribution in [0, 0.1) is 11.7 Å². The topological polar surface area (TPSA) is 26.8 Å². The summed E-state index contributed by atoms with van der Waals surface area (Å²) in [6.45, 7) is 7.46. The molecule has 35 heavy (non-hydrogen) atoms. The van der Waals surface area contributed by atoms with Crippen LogP contribution in [0.15, 0.2) is 78.9 Å². The number of halogens is 1. The molecular formula is C30H36FN3O. The summed E-state index contributed by atoms with van der Waals surface area (Å²) in [6.07, 6.45) is 0. The molecule has 3 aromatic rings. The first-order valence-electron chi connectivity index (χ1n) is 12.4. The minimum absolute atomic E-state index is 0.0659. The van der Waals surface area contributed by atoms with E-state index < -0.39 is 0 Å². The Morgan fingerprint density at radius 2 is 1.60 bits per heavy atom. The Morgan fingerprint density at radius 3 is 2.20 bits per heavy atom. The first-order valence-corrected chi connectivity index (χ1v) is 12.4. The van der Waals surface area contributed by atoms with E-state index in [1.807, 2.05) is 61.5 Å². The number of rotatable bonds is 8. The van der Waals surface area contributed by atoms with Crippen LogP contribution in [0.2, 0.25) is 0 Å². The van der Waals surface area contributed by atoms with Crippen LogP contribution < -0.4 is 4.90 Å². The number of benzene rings is 3. The molecule has 2 atom stereocenters. The summed E-state index contributed by atoms with van der Waals surface area (Å²) in [5.74, 6) is 0.346. The largest absolute Gasteiger partial charge is 0.378 e. The van der Waals surface area contributed by atoms with Gasteiger partial charge in [-0.3, -0.25) is 9.69 Å². The number of anilines is 1. The lowest BCUT2D eigenvalue weighted by atomic mass is 9.88. The molecule has 1 saturated heterocycles. The van der Waals surface area contributed by atoms with Gasteiger partial charge in [-0.1, -0.05) is 42.5 Å². The summed E-state index contributed by atoms with van der Waals surface area (Å²) in [5, 5.41) is 0. The van der Waals surface area contributed by atoms with Gasteiger partial charge in [0, 0.05) is 63.5 Å². The molecule has 0 N–H and O–H groups in total. The van der Waals surface area contributed by atoms with Crippen molar-refractivity contribution in [2.75, 3.05) is 38.6 Å². The zero-order chi connectivity index (χ0) is 24.9. The van der Waals surface area contributed by atoms with Crippen molar-refractivity contribution in [1.29, 1.82) is 0 Å². The molecule has 1 amide bonds. The van der Waals surface area contributed by atoms with E-state index in [4.69, 9.17) is 0 Å². The molecule has 1 fully saturated rings. The van der Waals surface area contributed by atoms with Gasteiger partial charge in [0.25, 0.3) is 5.91 Å². The van der Waals surface area contributed by atoms with Crippen molar-refractivity contribution in [2.24, 2.45) is 5.92 Å². The van der Waals surface area contributed by atoms with Crippen molar-refractivity contribution in [1.82, 2.24) is 9.80 Å². The third-order valence-corrected chi connectivity index (χ3v) is 7.01. The van der Waals surface area contributed by atoms with Crippen LogP contribution in [0.4, 0.5) is 10.1 Å². The van der Waals surface area contributed by atoms with Gasteiger partial charge >= 0.3 is 0 Å². The first-order chi connectivity index (χ1) is 16.8. The van der Waals surface area contributed by atoms with Crippen LogP contribution in [-0.2, 0) is 6.54 Å². The Hall–Kier alpha value is -3.18. The average Bonchev–Trinajstić information content (AvgIpc) is 3.25.